The molecule has 1 heteroatoms. The van der Waals surface area contributed by atoms with Gasteiger partial charge in [-0.1, -0.05) is 25.8 Å². The van der Waals surface area contributed by atoms with Crippen molar-refractivity contribution in [3.8, 4) is 12.3 Å². The van der Waals surface area contributed by atoms with Crippen molar-refractivity contribution >= 4 is 0 Å². The lowest BCUT2D eigenvalue weighted by molar-refractivity contribution is 0.458. The first-order chi connectivity index (χ1) is 5.05. The molecule has 0 saturated carbocycles. The number of terminal acetylenes is 1. The average Bonchev–Trinajstić information content (AvgIpc) is 1.86. The van der Waals surface area contributed by atoms with Gasteiger partial charge in [0.15, 0.2) is 0 Å². The van der Waals surface area contributed by atoms with Crippen molar-refractivity contribution < 1.29 is 4.39 Å². The van der Waals surface area contributed by atoms with E-state index in [0.717, 1.165) is 6.42 Å². The lowest BCUT2D eigenvalue weighted by Crippen LogP contribution is -2.10. The molecular weight excluding hydrogens is 139 g/mol. The van der Waals surface area contributed by atoms with Crippen molar-refractivity contribution in [3.05, 3.63) is 23.6 Å². The van der Waals surface area contributed by atoms with E-state index in [9.17, 15) is 4.39 Å². The summed E-state index contributed by atoms with van der Waals surface area (Å²) in [6.07, 6.45) is 9.26. The van der Waals surface area contributed by atoms with E-state index in [1.54, 1.807) is 12.2 Å². The van der Waals surface area contributed by atoms with Crippen molar-refractivity contribution in [2.75, 3.05) is 0 Å². The molecule has 0 saturated heterocycles. The molecule has 0 amide bonds. The van der Waals surface area contributed by atoms with Crippen LogP contribution in [0.15, 0.2) is 23.6 Å². The summed E-state index contributed by atoms with van der Waals surface area (Å²) in [5.74, 6) is 2.05. The van der Waals surface area contributed by atoms with Gasteiger partial charge >= 0.3 is 0 Å². The van der Waals surface area contributed by atoms with Gasteiger partial charge in [-0.05, 0) is 17.9 Å². The van der Waals surface area contributed by atoms with Crippen LogP contribution in [0.25, 0.3) is 0 Å². The summed E-state index contributed by atoms with van der Waals surface area (Å²) in [5, 5.41) is 0. The molecule has 0 nitrogen and oxygen atoms in total. The minimum atomic E-state index is -0.260. The topological polar surface area (TPSA) is 0 Å². The molecule has 0 heterocycles. The van der Waals surface area contributed by atoms with E-state index in [1.807, 2.05) is 13.8 Å². The number of allylic oxidation sites excluding steroid dienone is 4. The van der Waals surface area contributed by atoms with Crippen LogP contribution < -0.4 is 0 Å². The molecule has 0 aromatic heterocycles. The van der Waals surface area contributed by atoms with E-state index in [-0.39, 0.29) is 11.2 Å². The highest BCUT2D eigenvalue weighted by Gasteiger charge is 2.20. The second-order valence-electron chi connectivity index (χ2n) is 3.45. The van der Waals surface area contributed by atoms with Gasteiger partial charge < -0.3 is 0 Å². The zero-order valence-electron chi connectivity index (χ0n) is 6.82. The minimum absolute atomic E-state index is 0.0789. The molecule has 0 atom stereocenters. The van der Waals surface area contributed by atoms with Crippen LogP contribution in [0.2, 0.25) is 0 Å². The minimum Gasteiger partial charge on any atom is -0.206 e. The fourth-order valence-electron chi connectivity index (χ4n) is 1.07. The maximum absolute atomic E-state index is 13.0. The van der Waals surface area contributed by atoms with Gasteiger partial charge in [0.25, 0.3) is 0 Å². The molecule has 0 radical (unpaired) electrons. The van der Waals surface area contributed by atoms with Crippen LogP contribution in [0.3, 0.4) is 0 Å². The van der Waals surface area contributed by atoms with E-state index < -0.39 is 0 Å². The Kier molecular flexibility index (Phi) is 1.87. The van der Waals surface area contributed by atoms with Gasteiger partial charge in [0.2, 0.25) is 0 Å². The Bertz CT molecular complexity index is 261. The van der Waals surface area contributed by atoms with Crippen LogP contribution in [0.1, 0.15) is 20.3 Å². The van der Waals surface area contributed by atoms with Gasteiger partial charge in [-0.25, -0.2) is 4.39 Å². The second-order valence-corrected chi connectivity index (χ2v) is 3.45. The van der Waals surface area contributed by atoms with Crippen LogP contribution in [-0.4, -0.2) is 0 Å². The standard InChI is InChI=1S/C10H11F/c1-4-8-5-6-10(2,3)7-9(8)11/h1,5,7H,6H2,2-3H3. The van der Waals surface area contributed by atoms with Crippen LogP contribution in [-0.2, 0) is 0 Å². The summed E-state index contributed by atoms with van der Waals surface area (Å²) < 4.78 is 13.0. The van der Waals surface area contributed by atoms with E-state index >= 15 is 0 Å². The number of hydrogen-bond acceptors (Lipinski definition) is 0. The molecule has 0 unspecified atom stereocenters. The van der Waals surface area contributed by atoms with Gasteiger partial charge in [-0.2, -0.15) is 0 Å². The predicted molar refractivity (Wildman–Crippen MR) is 44.5 cm³/mol. The Hall–Kier alpha value is -1.03. The molecule has 1 aliphatic carbocycles. The number of rotatable bonds is 0. The first-order valence-electron chi connectivity index (χ1n) is 3.61. The zero-order chi connectivity index (χ0) is 8.48. The second kappa shape index (κ2) is 2.54. The Morgan fingerprint density at radius 3 is 2.73 bits per heavy atom. The van der Waals surface area contributed by atoms with Crippen molar-refractivity contribution in [2.24, 2.45) is 5.41 Å². The molecule has 0 fully saturated rings. The van der Waals surface area contributed by atoms with Gasteiger partial charge in [-0.3, -0.25) is 0 Å². The maximum atomic E-state index is 13.0. The van der Waals surface area contributed by atoms with Crippen molar-refractivity contribution in [1.82, 2.24) is 0 Å². The molecule has 58 valence electrons. The van der Waals surface area contributed by atoms with E-state index in [0.29, 0.717) is 5.57 Å². The third-order valence-corrected chi connectivity index (χ3v) is 1.76. The predicted octanol–water partition coefficient (Wildman–Crippen LogP) is 2.83. The average molecular weight is 150 g/mol. The summed E-state index contributed by atoms with van der Waals surface area (Å²) in [5.41, 5.74) is 0.314. The number of hydrogen-bond donors (Lipinski definition) is 0. The summed E-state index contributed by atoms with van der Waals surface area (Å²) in [7, 11) is 0. The van der Waals surface area contributed by atoms with Crippen LogP contribution >= 0.6 is 0 Å². The smallest absolute Gasteiger partial charge is 0.135 e. The largest absolute Gasteiger partial charge is 0.206 e. The van der Waals surface area contributed by atoms with Crippen LogP contribution in [0, 0.1) is 17.8 Å². The summed E-state index contributed by atoms with van der Waals surface area (Å²) in [6, 6.07) is 0. The summed E-state index contributed by atoms with van der Waals surface area (Å²) >= 11 is 0. The Balaban J connectivity index is 2.94. The molecular formula is C10H11F. The van der Waals surface area contributed by atoms with Crippen LogP contribution in [0.5, 0.6) is 0 Å². The lowest BCUT2D eigenvalue weighted by atomic mass is 9.84. The molecule has 0 aromatic rings. The van der Waals surface area contributed by atoms with Crippen molar-refractivity contribution in [2.45, 2.75) is 20.3 Å². The summed E-state index contributed by atoms with van der Waals surface area (Å²) in [4.78, 5) is 0. The molecule has 0 spiro atoms. The molecule has 11 heavy (non-hydrogen) atoms. The molecule has 1 aliphatic rings. The molecule has 0 N–H and O–H groups in total. The third-order valence-electron chi connectivity index (χ3n) is 1.76. The zero-order valence-corrected chi connectivity index (χ0v) is 6.82. The fraction of sp³-hybridized carbons (Fsp3) is 0.400. The van der Waals surface area contributed by atoms with E-state index in [4.69, 9.17) is 6.42 Å². The Morgan fingerprint density at radius 1 is 1.64 bits per heavy atom. The van der Waals surface area contributed by atoms with Crippen LogP contribution in [0.4, 0.5) is 4.39 Å². The van der Waals surface area contributed by atoms with E-state index in [1.165, 1.54) is 0 Å². The van der Waals surface area contributed by atoms with Gasteiger partial charge in [0.1, 0.15) is 5.83 Å². The molecule has 0 aliphatic heterocycles. The molecule has 1 rings (SSSR count). The maximum Gasteiger partial charge on any atom is 0.135 e. The Morgan fingerprint density at radius 2 is 2.27 bits per heavy atom. The highest BCUT2D eigenvalue weighted by Crippen LogP contribution is 2.32. The highest BCUT2D eigenvalue weighted by molar-refractivity contribution is 5.43. The lowest BCUT2D eigenvalue weighted by Gasteiger charge is -2.22. The van der Waals surface area contributed by atoms with Gasteiger partial charge in [-0.15, -0.1) is 6.42 Å². The van der Waals surface area contributed by atoms with Gasteiger partial charge in [0, 0.05) is 0 Å². The SMILES string of the molecule is C#CC1=CCC(C)(C)C=C1F. The quantitative estimate of drug-likeness (QED) is 0.466. The third kappa shape index (κ3) is 1.71. The first-order valence-corrected chi connectivity index (χ1v) is 3.61. The number of halogens is 1. The molecule has 0 bridgehead atoms. The van der Waals surface area contributed by atoms with Gasteiger partial charge in [0.05, 0.1) is 5.57 Å². The molecule has 0 aromatic carbocycles. The van der Waals surface area contributed by atoms with Crippen molar-refractivity contribution in [1.29, 1.82) is 0 Å². The highest BCUT2D eigenvalue weighted by atomic mass is 19.1. The monoisotopic (exact) mass is 150 g/mol. The summed E-state index contributed by atoms with van der Waals surface area (Å²) in [6.45, 7) is 3.97. The first kappa shape index (κ1) is 8.07. The van der Waals surface area contributed by atoms with Crippen molar-refractivity contribution in [3.63, 3.8) is 0 Å². The fourth-order valence-corrected chi connectivity index (χ4v) is 1.07. The van der Waals surface area contributed by atoms with E-state index in [2.05, 4.69) is 5.92 Å². The normalized spacial score (nSPS) is 21.6. The Labute approximate surface area is 66.8 Å².